The van der Waals surface area contributed by atoms with Gasteiger partial charge in [0, 0.05) is 31.8 Å². The predicted octanol–water partition coefficient (Wildman–Crippen LogP) is 2.31. The number of carbonyl (C=O) groups is 4. The molecule has 0 radical (unpaired) electrons. The average Bonchev–Trinajstić information content (AvgIpc) is 3.41. The first-order valence-corrected chi connectivity index (χ1v) is 15.3. The van der Waals surface area contributed by atoms with Crippen molar-refractivity contribution >= 4 is 23.6 Å². The molecule has 2 heterocycles. The minimum Gasteiger partial charge on any atom is -0.395 e. The molecule has 2 fully saturated rings. The number of amides is 4. The van der Waals surface area contributed by atoms with Gasteiger partial charge >= 0.3 is 0 Å². The number of carbonyl (C=O) groups excluding carboxylic acids is 4. The van der Waals surface area contributed by atoms with Gasteiger partial charge in [0.15, 0.2) is 0 Å². The Hall–Kier alpha value is -2.46. The van der Waals surface area contributed by atoms with E-state index in [1.807, 2.05) is 40.7 Å². The maximum Gasteiger partial charge on any atom is 0.249 e. The van der Waals surface area contributed by atoms with Crippen molar-refractivity contribution in [1.29, 1.82) is 0 Å². The number of rotatable bonds is 11. The van der Waals surface area contributed by atoms with Gasteiger partial charge in [-0.3, -0.25) is 24.1 Å². The van der Waals surface area contributed by atoms with E-state index >= 15 is 0 Å². The molecule has 2 aliphatic heterocycles. The van der Waals surface area contributed by atoms with Gasteiger partial charge in [0.2, 0.25) is 23.6 Å². The van der Waals surface area contributed by atoms with Gasteiger partial charge in [-0.25, -0.2) is 0 Å². The number of nitrogens with one attached hydrogen (secondary N) is 2. The third-order valence-electron chi connectivity index (χ3n) is 8.37. The zero-order valence-electron chi connectivity index (χ0n) is 26.8. The highest BCUT2D eigenvalue weighted by Crippen LogP contribution is 2.26. The van der Waals surface area contributed by atoms with Crippen molar-refractivity contribution in [1.82, 2.24) is 25.3 Å². The van der Waals surface area contributed by atoms with Crippen LogP contribution in [-0.4, -0.2) is 107 Å². The maximum absolute atomic E-state index is 14.0. The summed E-state index contributed by atoms with van der Waals surface area (Å²) in [5, 5.41) is 14.8. The third kappa shape index (κ3) is 9.01. The minimum absolute atomic E-state index is 0.0000229. The topological polar surface area (TPSA) is 122 Å². The highest BCUT2D eigenvalue weighted by Gasteiger charge is 2.40. The van der Waals surface area contributed by atoms with Crippen molar-refractivity contribution in [3.8, 4) is 0 Å². The molecule has 3 N–H and O–H groups in total. The SMILES string of the molecule is C/C(=C\[C@H](C(C)C)N(C)C(=O)[C@@H](NC(=O)[C@H]1CCCCN1C(C)C)C(C)(C)C)C(=O)N1CCC[C@H]1C(=O)NCCO. The Kier molecular flexibility index (Phi) is 12.8. The molecule has 0 aliphatic carbocycles. The first-order valence-electron chi connectivity index (χ1n) is 15.3. The van der Waals surface area contributed by atoms with Crippen LogP contribution in [0.4, 0.5) is 0 Å². The summed E-state index contributed by atoms with van der Waals surface area (Å²) in [5.41, 5.74) is -0.0598. The lowest BCUT2D eigenvalue weighted by Gasteiger charge is -2.41. The largest absolute Gasteiger partial charge is 0.395 e. The number of nitrogens with zero attached hydrogens (tertiary/aromatic N) is 3. The fraction of sp³-hybridized carbons (Fsp3) is 0.806. The second-order valence-corrected chi connectivity index (χ2v) is 13.4. The lowest BCUT2D eigenvalue weighted by Crippen LogP contribution is -2.60. The Morgan fingerprint density at radius 1 is 0.976 bits per heavy atom. The molecule has 234 valence electrons. The van der Waals surface area contributed by atoms with Gasteiger partial charge in [-0.15, -0.1) is 0 Å². The first kappa shape index (κ1) is 34.7. The summed E-state index contributed by atoms with van der Waals surface area (Å²) in [7, 11) is 1.73. The lowest BCUT2D eigenvalue weighted by atomic mass is 9.84. The molecule has 4 amide bonds. The van der Waals surface area contributed by atoms with Crippen LogP contribution in [0.25, 0.3) is 0 Å². The predicted molar refractivity (Wildman–Crippen MR) is 161 cm³/mol. The molecule has 0 bridgehead atoms. The molecule has 2 saturated heterocycles. The van der Waals surface area contributed by atoms with E-state index in [0.29, 0.717) is 18.5 Å². The van der Waals surface area contributed by atoms with Gasteiger partial charge in [0.1, 0.15) is 12.1 Å². The van der Waals surface area contributed by atoms with Crippen LogP contribution in [0.3, 0.4) is 0 Å². The summed E-state index contributed by atoms with van der Waals surface area (Å²) in [6.07, 6.45) is 5.95. The van der Waals surface area contributed by atoms with E-state index in [1.54, 1.807) is 23.8 Å². The number of hydrogen-bond acceptors (Lipinski definition) is 6. The molecule has 10 nitrogen and oxygen atoms in total. The Morgan fingerprint density at radius 2 is 1.61 bits per heavy atom. The Labute approximate surface area is 247 Å². The molecule has 10 heteroatoms. The van der Waals surface area contributed by atoms with Crippen LogP contribution in [0.2, 0.25) is 0 Å². The Morgan fingerprint density at radius 3 is 2.17 bits per heavy atom. The zero-order valence-corrected chi connectivity index (χ0v) is 26.8. The highest BCUT2D eigenvalue weighted by atomic mass is 16.3. The maximum atomic E-state index is 14.0. The van der Waals surface area contributed by atoms with E-state index in [0.717, 1.165) is 32.2 Å². The van der Waals surface area contributed by atoms with E-state index in [4.69, 9.17) is 5.11 Å². The number of likely N-dealkylation sites (tertiary alicyclic amines) is 2. The standard InChI is InChI=1S/C31H55N5O5/c1-20(2)25(19-22(5)29(40)36-17-12-14-23(36)27(38)32-15-18-37)34(9)30(41)26(31(6,7)8)33-28(39)24-13-10-11-16-35(24)21(3)4/h19-21,23-26,37H,10-18H2,1-9H3,(H,32,38)(H,33,39)/b22-19+/t23-,24+,25+,26+/m0/s1. The summed E-state index contributed by atoms with van der Waals surface area (Å²) < 4.78 is 0. The van der Waals surface area contributed by atoms with Gasteiger partial charge in [0.25, 0.3) is 0 Å². The number of likely N-dealkylation sites (N-methyl/N-ethyl adjacent to an activating group) is 1. The van der Waals surface area contributed by atoms with Crippen molar-refractivity contribution in [2.75, 3.05) is 33.3 Å². The summed E-state index contributed by atoms with van der Waals surface area (Å²) in [6.45, 7) is 17.1. The molecule has 0 spiro atoms. The molecule has 0 aromatic rings. The van der Waals surface area contributed by atoms with Crippen LogP contribution in [0.15, 0.2) is 11.6 Å². The van der Waals surface area contributed by atoms with E-state index in [1.165, 1.54) is 0 Å². The molecule has 0 aromatic carbocycles. The van der Waals surface area contributed by atoms with Crippen molar-refractivity contribution in [3.05, 3.63) is 11.6 Å². The molecule has 2 aliphatic rings. The Bertz CT molecular complexity index is 957. The minimum atomic E-state index is -0.736. The second kappa shape index (κ2) is 15.1. The number of hydrogen-bond donors (Lipinski definition) is 3. The first-order chi connectivity index (χ1) is 19.1. The van der Waals surface area contributed by atoms with E-state index in [2.05, 4.69) is 29.4 Å². The van der Waals surface area contributed by atoms with Crippen LogP contribution in [0.5, 0.6) is 0 Å². The van der Waals surface area contributed by atoms with Gasteiger partial charge < -0.3 is 25.5 Å². The van der Waals surface area contributed by atoms with Gasteiger partial charge in [-0.2, -0.15) is 0 Å². The normalized spacial score (nSPS) is 22.0. The number of aliphatic hydroxyl groups is 1. The van der Waals surface area contributed by atoms with Crippen LogP contribution in [-0.2, 0) is 19.2 Å². The quantitative estimate of drug-likeness (QED) is 0.324. The molecule has 0 unspecified atom stereocenters. The van der Waals surface area contributed by atoms with Gasteiger partial charge in [-0.1, -0.05) is 47.1 Å². The number of piperidine rings is 1. The van der Waals surface area contributed by atoms with Gasteiger partial charge in [-0.05, 0) is 64.3 Å². The monoisotopic (exact) mass is 577 g/mol. The molecular formula is C31H55N5O5. The van der Waals surface area contributed by atoms with Gasteiger partial charge in [0.05, 0.1) is 18.7 Å². The summed E-state index contributed by atoms with van der Waals surface area (Å²) in [4.78, 5) is 59.0. The van der Waals surface area contributed by atoms with Crippen LogP contribution in [0, 0.1) is 11.3 Å². The molecule has 2 rings (SSSR count). The lowest BCUT2D eigenvalue weighted by molar-refractivity contribution is -0.142. The summed E-state index contributed by atoms with van der Waals surface area (Å²) in [6, 6.07) is -1.71. The Balaban J connectivity index is 2.25. The van der Waals surface area contributed by atoms with Crippen LogP contribution < -0.4 is 10.6 Å². The molecule has 41 heavy (non-hydrogen) atoms. The second-order valence-electron chi connectivity index (χ2n) is 13.4. The van der Waals surface area contributed by atoms with Crippen molar-refractivity contribution < 1.29 is 24.3 Å². The molecule has 4 atom stereocenters. The molecule has 0 aromatic heterocycles. The van der Waals surface area contributed by atoms with E-state index in [-0.39, 0.29) is 60.8 Å². The van der Waals surface area contributed by atoms with E-state index < -0.39 is 17.5 Å². The van der Waals surface area contributed by atoms with E-state index in [9.17, 15) is 19.2 Å². The number of aliphatic hydroxyl groups excluding tert-OH is 1. The fourth-order valence-corrected chi connectivity index (χ4v) is 5.98. The van der Waals surface area contributed by atoms with Crippen LogP contribution >= 0.6 is 0 Å². The van der Waals surface area contributed by atoms with Crippen LogP contribution in [0.1, 0.15) is 87.5 Å². The highest BCUT2D eigenvalue weighted by molar-refractivity contribution is 5.97. The van der Waals surface area contributed by atoms with Crippen molar-refractivity contribution in [2.24, 2.45) is 11.3 Å². The molecule has 0 saturated carbocycles. The zero-order chi connectivity index (χ0) is 31.1. The molecular weight excluding hydrogens is 522 g/mol. The fourth-order valence-electron chi connectivity index (χ4n) is 5.98. The van der Waals surface area contributed by atoms with Crippen molar-refractivity contribution in [3.63, 3.8) is 0 Å². The van der Waals surface area contributed by atoms with Crippen molar-refractivity contribution in [2.45, 2.75) is 118 Å². The summed E-state index contributed by atoms with van der Waals surface area (Å²) >= 11 is 0. The average molecular weight is 578 g/mol. The summed E-state index contributed by atoms with van der Waals surface area (Å²) in [5.74, 6) is -0.800. The third-order valence-corrected chi connectivity index (χ3v) is 8.37. The smallest absolute Gasteiger partial charge is 0.249 e.